The topological polar surface area (TPSA) is 25.8 Å². The van der Waals surface area contributed by atoms with E-state index in [9.17, 15) is 0 Å². The number of rotatable bonds is 1. The molecule has 3 rings (SSSR count). The van der Waals surface area contributed by atoms with Gasteiger partial charge in [0.2, 0.25) is 0 Å². The van der Waals surface area contributed by atoms with Gasteiger partial charge >= 0.3 is 0 Å². The van der Waals surface area contributed by atoms with Crippen molar-refractivity contribution in [2.75, 3.05) is 0 Å². The smallest absolute Gasteiger partial charge is 0.0739 e. The third-order valence-electron chi connectivity index (χ3n) is 3.60. The van der Waals surface area contributed by atoms with Crippen LogP contribution < -0.4 is 0 Å². The fourth-order valence-electron chi connectivity index (χ4n) is 2.39. The van der Waals surface area contributed by atoms with Crippen LogP contribution in [0.25, 0.3) is 22.0 Å². The van der Waals surface area contributed by atoms with Crippen LogP contribution in [0.3, 0.4) is 0 Å². The molecule has 0 aliphatic heterocycles. The summed E-state index contributed by atoms with van der Waals surface area (Å²) in [5, 5.41) is 1.10. The van der Waals surface area contributed by atoms with Crippen molar-refractivity contribution in [1.29, 1.82) is 0 Å². The van der Waals surface area contributed by atoms with Gasteiger partial charge < -0.3 is 0 Å². The number of aromatic nitrogens is 2. The zero-order valence-electron chi connectivity index (χ0n) is 12.1. The fraction of sp³-hybridized carbons (Fsp3) is 0.222. The fourth-order valence-corrected chi connectivity index (χ4v) is 2.39. The maximum Gasteiger partial charge on any atom is 0.0739 e. The number of fused-ring (bicyclic) bond motifs is 1. The van der Waals surface area contributed by atoms with Gasteiger partial charge in [0.1, 0.15) is 0 Å². The highest BCUT2D eigenvalue weighted by Crippen LogP contribution is 2.29. The Labute approximate surface area is 119 Å². The van der Waals surface area contributed by atoms with Gasteiger partial charge in [0.15, 0.2) is 0 Å². The molecular weight excluding hydrogens is 244 g/mol. The monoisotopic (exact) mass is 262 g/mol. The summed E-state index contributed by atoms with van der Waals surface area (Å²) in [7, 11) is 0. The van der Waals surface area contributed by atoms with Gasteiger partial charge in [0.25, 0.3) is 0 Å². The minimum atomic E-state index is 0.181. The predicted octanol–water partition coefficient (Wildman–Crippen LogP) is 4.59. The molecule has 0 spiro atoms. The lowest BCUT2D eigenvalue weighted by Gasteiger charge is -2.19. The molecule has 0 saturated carbocycles. The van der Waals surface area contributed by atoms with Crippen LogP contribution in [-0.4, -0.2) is 9.97 Å². The molecule has 0 radical (unpaired) electrons. The van der Waals surface area contributed by atoms with Gasteiger partial charge in [-0.3, -0.25) is 9.97 Å². The second-order valence-electron chi connectivity index (χ2n) is 6.08. The van der Waals surface area contributed by atoms with Crippen LogP contribution in [0.5, 0.6) is 0 Å². The highest BCUT2D eigenvalue weighted by Gasteiger charge is 2.13. The van der Waals surface area contributed by atoms with E-state index in [1.54, 1.807) is 6.20 Å². The molecule has 0 unspecified atom stereocenters. The number of benzene rings is 1. The Morgan fingerprint density at radius 2 is 1.60 bits per heavy atom. The number of pyridine rings is 2. The van der Waals surface area contributed by atoms with E-state index in [4.69, 9.17) is 0 Å². The number of hydrogen-bond donors (Lipinski definition) is 0. The molecular formula is C18H18N2. The summed E-state index contributed by atoms with van der Waals surface area (Å²) in [5.41, 5.74) is 4.90. The summed E-state index contributed by atoms with van der Waals surface area (Å²) in [6, 6.07) is 12.8. The van der Waals surface area contributed by atoms with Gasteiger partial charge in [-0.05, 0) is 34.2 Å². The van der Waals surface area contributed by atoms with Gasteiger partial charge in [-0.2, -0.15) is 0 Å². The molecule has 0 aliphatic rings. The molecule has 0 fully saturated rings. The Hall–Kier alpha value is -2.22. The number of nitrogens with zero attached hydrogens (tertiary/aromatic N) is 2. The van der Waals surface area contributed by atoms with Crippen molar-refractivity contribution in [3.8, 4) is 11.1 Å². The third kappa shape index (κ3) is 2.29. The summed E-state index contributed by atoms with van der Waals surface area (Å²) in [6.45, 7) is 6.69. The average Bonchev–Trinajstić information content (AvgIpc) is 2.46. The minimum Gasteiger partial charge on any atom is -0.264 e. The summed E-state index contributed by atoms with van der Waals surface area (Å²) >= 11 is 0. The van der Waals surface area contributed by atoms with E-state index >= 15 is 0 Å². The van der Waals surface area contributed by atoms with E-state index in [1.807, 2.05) is 18.5 Å². The van der Waals surface area contributed by atoms with Crippen LogP contribution >= 0.6 is 0 Å². The Bertz CT molecular complexity index is 732. The van der Waals surface area contributed by atoms with Crippen LogP contribution in [0.1, 0.15) is 26.3 Å². The van der Waals surface area contributed by atoms with Crippen molar-refractivity contribution < 1.29 is 0 Å². The molecule has 100 valence electrons. The molecule has 2 aromatic heterocycles. The van der Waals surface area contributed by atoms with E-state index in [0.29, 0.717) is 0 Å². The highest BCUT2D eigenvalue weighted by molar-refractivity contribution is 5.93. The van der Waals surface area contributed by atoms with Crippen molar-refractivity contribution in [2.45, 2.75) is 26.2 Å². The summed E-state index contributed by atoms with van der Waals surface area (Å²) in [4.78, 5) is 8.60. The Kier molecular flexibility index (Phi) is 3.01. The van der Waals surface area contributed by atoms with E-state index in [2.05, 4.69) is 61.1 Å². The summed E-state index contributed by atoms with van der Waals surface area (Å²) < 4.78 is 0. The largest absolute Gasteiger partial charge is 0.264 e. The first-order valence-corrected chi connectivity index (χ1v) is 6.85. The second kappa shape index (κ2) is 4.71. The highest BCUT2D eigenvalue weighted by atomic mass is 14.7. The molecule has 0 N–H and O–H groups in total. The van der Waals surface area contributed by atoms with Crippen LogP contribution in [0, 0.1) is 0 Å². The Balaban J connectivity index is 2.12. The second-order valence-corrected chi connectivity index (χ2v) is 6.08. The van der Waals surface area contributed by atoms with Crippen molar-refractivity contribution in [1.82, 2.24) is 9.97 Å². The molecule has 3 aromatic rings. The molecule has 0 aliphatic carbocycles. The molecule has 2 heterocycles. The quantitative estimate of drug-likeness (QED) is 0.640. The van der Waals surface area contributed by atoms with Gasteiger partial charge in [-0.25, -0.2) is 0 Å². The maximum absolute atomic E-state index is 4.38. The van der Waals surface area contributed by atoms with Crippen LogP contribution in [0.2, 0.25) is 0 Å². The zero-order valence-corrected chi connectivity index (χ0v) is 12.1. The minimum absolute atomic E-state index is 0.181. The van der Waals surface area contributed by atoms with Crippen molar-refractivity contribution in [3.05, 3.63) is 60.6 Å². The molecule has 2 nitrogen and oxygen atoms in total. The van der Waals surface area contributed by atoms with Gasteiger partial charge in [-0.15, -0.1) is 0 Å². The molecule has 0 bridgehead atoms. The van der Waals surface area contributed by atoms with E-state index in [1.165, 1.54) is 16.7 Å². The van der Waals surface area contributed by atoms with Gasteiger partial charge in [0, 0.05) is 24.0 Å². The number of hydrogen-bond acceptors (Lipinski definition) is 2. The SMILES string of the molecule is CC(C)(C)c1ccc(-c2ccnc3ccncc23)cc1. The first-order valence-electron chi connectivity index (χ1n) is 6.85. The lowest BCUT2D eigenvalue weighted by molar-refractivity contribution is 0.590. The molecule has 1 aromatic carbocycles. The third-order valence-corrected chi connectivity index (χ3v) is 3.60. The standard InChI is InChI=1S/C18H18N2/c1-18(2,3)14-6-4-13(5-7-14)15-8-11-20-17-9-10-19-12-16(15)17/h4-12H,1-3H3. The summed E-state index contributed by atoms with van der Waals surface area (Å²) in [5.74, 6) is 0. The molecule has 20 heavy (non-hydrogen) atoms. The molecule has 0 amide bonds. The van der Waals surface area contributed by atoms with Crippen LogP contribution in [0.4, 0.5) is 0 Å². The molecule has 0 atom stereocenters. The van der Waals surface area contributed by atoms with E-state index in [0.717, 1.165) is 10.9 Å². The Morgan fingerprint density at radius 1 is 0.850 bits per heavy atom. The van der Waals surface area contributed by atoms with Crippen molar-refractivity contribution >= 4 is 10.9 Å². The average molecular weight is 262 g/mol. The maximum atomic E-state index is 4.38. The van der Waals surface area contributed by atoms with Crippen LogP contribution in [-0.2, 0) is 5.41 Å². The molecule has 2 heteroatoms. The first kappa shape index (κ1) is 12.8. The van der Waals surface area contributed by atoms with Gasteiger partial charge in [-0.1, -0.05) is 45.0 Å². The lowest BCUT2D eigenvalue weighted by Crippen LogP contribution is -2.10. The zero-order chi connectivity index (χ0) is 14.2. The van der Waals surface area contributed by atoms with E-state index < -0.39 is 0 Å². The normalized spacial score (nSPS) is 11.8. The van der Waals surface area contributed by atoms with Crippen LogP contribution in [0.15, 0.2) is 55.0 Å². The van der Waals surface area contributed by atoms with Crippen molar-refractivity contribution in [2.24, 2.45) is 0 Å². The lowest BCUT2D eigenvalue weighted by atomic mass is 9.86. The predicted molar refractivity (Wildman–Crippen MR) is 83.7 cm³/mol. The Morgan fingerprint density at radius 3 is 2.30 bits per heavy atom. The summed E-state index contributed by atoms with van der Waals surface area (Å²) in [6.07, 6.45) is 5.52. The molecule has 0 saturated heterocycles. The van der Waals surface area contributed by atoms with Gasteiger partial charge in [0.05, 0.1) is 5.52 Å². The van der Waals surface area contributed by atoms with Crippen molar-refractivity contribution in [3.63, 3.8) is 0 Å². The van der Waals surface area contributed by atoms with E-state index in [-0.39, 0.29) is 5.41 Å². The first-order chi connectivity index (χ1) is 9.55.